The summed E-state index contributed by atoms with van der Waals surface area (Å²) in [7, 11) is 0. The number of nitrogens with zero attached hydrogens (tertiary/aromatic N) is 1. The van der Waals surface area contributed by atoms with Crippen LogP contribution >= 0.6 is 0 Å². The average Bonchev–Trinajstić information content (AvgIpc) is 3.54. The fraction of sp³-hybridized carbons (Fsp3) is 0.582. The lowest BCUT2D eigenvalue weighted by molar-refractivity contribution is -0.143. The zero-order valence-electron chi connectivity index (χ0n) is 48.4. The fourth-order valence-corrected chi connectivity index (χ4v) is 8.13. The number of hydrogen-bond acceptors (Lipinski definition) is 16. The van der Waals surface area contributed by atoms with E-state index in [2.05, 4.69) is 47.5 Å². The lowest BCUT2D eigenvalue weighted by Crippen LogP contribution is -2.63. The van der Waals surface area contributed by atoms with E-state index in [-0.39, 0.29) is 56.6 Å². The first-order valence-electron chi connectivity index (χ1n) is 27.5. The lowest BCUT2D eigenvalue weighted by Gasteiger charge is -2.32. The number of aliphatic imine (C=N–C) groups is 1. The summed E-state index contributed by atoms with van der Waals surface area (Å²) in [5.41, 5.74) is 18.8. The molecule has 0 saturated carbocycles. The number of carboxylic acid groups (broad SMARTS) is 1. The Morgan fingerprint density at radius 3 is 1.58 bits per heavy atom. The van der Waals surface area contributed by atoms with Gasteiger partial charge in [-0.3, -0.25) is 43.3 Å². The monoisotopic (exact) mass is 1170 g/mol. The summed E-state index contributed by atoms with van der Waals surface area (Å²) in [5.74, 6) is -11.0. The van der Waals surface area contributed by atoms with Crippen LogP contribution in [0.5, 0.6) is 0 Å². The van der Waals surface area contributed by atoms with Crippen molar-refractivity contribution in [2.24, 2.45) is 45.9 Å². The van der Waals surface area contributed by atoms with Gasteiger partial charge in [-0.2, -0.15) is 0 Å². The normalized spacial score (nSPS) is 15.2. The van der Waals surface area contributed by atoms with Crippen LogP contribution in [0.2, 0.25) is 0 Å². The maximum absolute atomic E-state index is 14.5. The highest BCUT2D eigenvalue weighted by Crippen LogP contribution is 2.18. The number of benzene rings is 2. The molecule has 0 aliphatic rings. The smallest absolute Gasteiger partial charge is 0.408 e. The summed E-state index contributed by atoms with van der Waals surface area (Å²) in [5, 5.41) is 61.7. The van der Waals surface area contributed by atoms with Gasteiger partial charge in [0.05, 0.1) is 31.9 Å². The lowest BCUT2D eigenvalue weighted by atomic mass is 9.95. The van der Waals surface area contributed by atoms with E-state index in [9.17, 15) is 63.3 Å². The molecular weight excluding hydrogens is 1080 g/mol. The van der Waals surface area contributed by atoms with E-state index in [1.54, 1.807) is 116 Å². The molecule has 0 aliphatic carbocycles. The quantitative estimate of drug-likeness (QED) is 0.0195. The molecule has 11 atom stereocenters. The van der Waals surface area contributed by atoms with Crippen molar-refractivity contribution in [1.29, 1.82) is 0 Å². The maximum atomic E-state index is 14.5. The third-order valence-corrected chi connectivity index (χ3v) is 13.0. The molecule has 0 saturated heterocycles. The van der Waals surface area contributed by atoms with Crippen molar-refractivity contribution in [2.45, 2.75) is 155 Å². The van der Waals surface area contributed by atoms with Crippen LogP contribution in [0.25, 0.3) is 0 Å². The minimum atomic E-state index is -1.74. The Kier molecular flexibility index (Phi) is 31.3. The molecule has 28 nitrogen and oxygen atoms in total. The minimum absolute atomic E-state index is 0.0131. The van der Waals surface area contributed by atoms with Crippen molar-refractivity contribution in [3.63, 3.8) is 0 Å². The molecule has 0 spiro atoms. The van der Waals surface area contributed by atoms with Crippen LogP contribution in [0.3, 0.4) is 0 Å². The molecule has 2 rings (SSSR count). The van der Waals surface area contributed by atoms with E-state index < -0.39 is 151 Å². The molecule has 0 radical (unpaired) electrons. The van der Waals surface area contributed by atoms with Gasteiger partial charge in [0.25, 0.3) is 0 Å². The number of carbonyl (C=O) groups excluding carboxylic acids is 9. The second kappa shape index (κ2) is 36.5. The minimum Gasteiger partial charge on any atom is -0.480 e. The van der Waals surface area contributed by atoms with Crippen molar-refractivity contribution < 1.29 is 73.1 Å². The van der Waals surface area contributed by atoms with Crippen LogP contribution in [-0.2, 0) is 54.5 Å². The van der Waals surface area contributed by atoms with Gasteiger partial charge < -0.3 is 90.2 Å². The SMILES string of the molecule is CC[C@H](C)[C@H](NC(=O)[C@@H](CCCN=C(N)N)NC(=O)[C@H](CC(C)C)NC(=O)[C@@H](NC(=O)[C@@H](NC(=O)OCc1ccccc1)[C@H](N)c1ccccc1)[C@H](O)C(C)C)C(=O)N[C@@H](CC(C)C)C(=O)NCC(=O)N[C@@H](CO)C(=O)N[C@@H](CO)C(=O)O. The van der Waals surface area contributed by atoms with E-state index in [4.69, 9.17) is 27.0 Å². The Morgan fingerprint density at radius 2 is 1.06 bits per heavy atom. The van der Waals surface area contributed by atoms with E-state index in [0.29, 0.717) is 17.5 Å². The Morgan fingerprint density at radius 1 is 0.578 bits per heavy atom. The molecule has 19 N–H and O–H groups in total. The number of carbonyl (C=O) groups is 10. The number of aliphatic hydroxyl groups is 3. The Balaban J connectivity index is 2.44. The maximum Gasteiger partial charge on any atom is 0.408 e. The Labute approximate surface area is 483 Å². The van der Waals surface area contributed by atoms with E-state index >= 15 is 0 Å². The van der Waals surface area contributed by atoms with Gasteiger partial charge in [0.2, 0.25) is 47.3 Å². The third kappa shape index (κ3) is 25.4. The van der Waals surface area contributed by atoms with Gasteiger partial charge in [0.1, 0.15) is 54.9 Å². The van der Waals surface area contributed by atoms with Gasteiger partial charge in [-0.15, -0.1) is 0 Å². The molecule has 462 valence electrons. The number of alkyl carbamates (subject to hydrolysis) is 1. The van der Waals surface area contributed by atoms with Crippen molar-refractivity contribution >= 4 is 65.3 Å². The summed E-state index contributed by atoms with van der Waals surface area (Å²) < 4.78 is 5.39. The van der Waals surface area contributed by atoms with E-state index in [1.807, 2.05) is 5.32 Å². The van der Waals surface area contributed by atoms with Gasteiger partial charge in [-0.05, 0) is 60.5 Å². The molecule has 28 heteroatoms. The molecule has 0 fully saturated rings. The van der Waals surface area contributed by atoms with Crippen LogP contribution in [0.15, 0.2) is 65.7 Å². The summed E-state index contributed by atoms with van der Waals surface area (Å²) in [6.07, 6.45) is -2.24. The van der Waals surface area contributed by atoms with Gasteiger partial charge in [0.15, 0.2) is 5.96 Å². The molecule has 9 amide bonds. The standard InChI is InChI=1S/C55H87N13O15/c1-9-32(8)42(50(77)63-36(23-29(2)3)46(73)60-25-40(71)61-38(26-69)49(76)65-39(27-70)53(80)81)66-47(74)35(21-16-22-59-54(57)58)62-48(75)37(24-30(4)5)64-52(79)44(45(72)31(6)7)67-51(78)43(41(56)34-19-14-11-15-20-34)68-55(82)83-28-33-17-12-10-13-18-33/h10-15,17-20,29-32,35-39,41-45,69-70,72H,9,16,21-28,56H2,1-8H3,(H,60,73)(H,61,71)(H,62,75)(H,63,77)(H,64,79)(H,65,76)(H,66,74)(H,67,78)(H,68,82)(H,80,81)(H4,57,58,59)/t32-,35+,36-,37-,38-,39-,41+,42-,43-,44-,45+/m0/s1. The second-order valence-electron chi connectivity index (χ2n) is 21.2. The number of hydrogen-bond donors (Lipinski definition) is 16. The topological polar surface area (TPSA) is 460 Å². The predicted octanol–water partition coefficient (Wildman–Crippen LogP) is -2.23. The van der Waals surface area contributed by atoms with Crippen molar-refractivity contribution in [2.75, 3.05) is 26.3 Å². The number of aliphatic hydroxyl groups excluding tert-OH is 3. The predicted molar refractivity (Wildman–Crippen MR) is 304 cm³/mol. The van der Waals surface area contributed by atoms with E-state index in [1.165, 1.54) is 0 Å². The first-order chi connectivity index (χ1) is 39.1. The summed E-state index contributed by atoms with van der Waals surface area (Å²) in [4.78, 5) is 139. The number of rotatable bonds is 36. The average molecular weight is 1170 g/mol. The van der Waals surface area contributed by atoms with Crippen molar-refractivity contribution in [3.05, 3.63) is 71.8 Å². The molecule has 0 aromatic heterocycles. The molecule has 83 heavy (non-hydrogen) atoms. The number of aliphatic carboxylic acids is 1. The zero-order chi connectivity index (χ0) is 62.5. The number of carboxylic acids is 1. The molecule has 0 heterocycles. The first-order valence-corrected chi connectivity index (χ1v) is 27.5. The van der Waals surface area contributed by atoms with Gasteiger partial charge in [0, 0.05) is 6.54 Å². The first kappa shape index (κ1) is 71.2. The fourth-order valence-electron chi connectivity index (χ4n) is 8.13. The molecule has 0 aliphatic heterocycles. The van der Waals surface area contributed by atoms with Crippen molar-refractivity contribution in [1.82, 2.24) is 47.9 Å². The zero-order valence-corrected chi connectivity index (χ0v) is 48.4. The van der Waals surface area contributed by atoms with Crippen LogP contribution in [0, 0.1) is 23.7 Å². The Hall–Kier alpha value is -7.95. The van der Waals surface area contributed by atoms with E-state index in [0.717, 1.165) is 0 Å². The van der Waals surface area contributed by atoms with Crippen LogP contribution in [0.4, 0.5) is 4.79 Å². The highest BCUT2D eigenvalue weighted by Gasteiger charge is 2.39. The molecular formula is C55H87N13O15. The van der Waals surface area contributed by atoms with Crippen LogP contribution < -0.4 is 65.1 Å². The number of nitrogens with two attached hydrogens (primary N) is 3. The summed E-state index contributed by atoms with van der Waals surface area (Å²) >= 11 is 0. The van der Waals surface area contributed by atoms with Crippen molar-refractivity contribution in [3.8, 4) is 0 Å². The molecule has 2 aromatic rings. The largest absolute Gasteiger partial charge is 0.480 e. The number of amides is 9. The summed E-state index contributed by atoms with van der Waals surface area (Å²) in [6.45, 7) is 10.8. The number of guanidine groups is 1. The highest BCUT2D eigenvalue weighted by atomic mass is 16.5. The number of nitrogens with one attached hydrogen (secondary N) is 9. The molecule has 0 unspecified atom stereocenters. The highest BCUT2D eigenvalue weighted by molar-refractivity contribution is 5.98. The summed E-state index contributed by atoms with van der Waals surface area (Å²) in [6, 6.07) is 3.76. The van der Waals surface area contributed by atoms with Gasteiger partial charge in [-0.1, -0.05) is 122 Å². The van der Waals surface area contributed by atoms with Crippen LogP contribution in [-0.4, -0.2) is 166 Å². The Bertz CT molecular complexity index is 2470. The van der Waals surface area contributed by atoms with Gasteiger partial charge in [-0.25, -0.2) is 9.59 Å². The third-order valence-electron chi connectivity index (χ3n) is 13.0. The van der Waals surface area contributed by atoms with Gasteiger partial charge >= 0.3 is 12.1 Å². The molecule has 2 aromatic carbocycles. The second-order valence-corrected chi connectivity index (χ2v) is 21.2. The van der Waals surface area contributed by atoms with Crippen LogP contribution in [0.1, 0.15) is 105 Å². The number of ether oxygens (including phenoxy) is 1. The molecule has 0 bridgehead atoms.